The van der Waals surface area contributed by atoms with Crippen LogP contribution in [-0.4, -0.2) is 32.1 Å². The average Bonchev–Trinajstić information content (AvgIpc) is 3.16. The first-order valence-electron chi connectivity index (χ1n) is 8.92. The lowest BCUT2D eigenvalue weighted by atomic mass is 10.2. The van der Waals surface area contributed by atoms with E-state index in [0.29, 0.717) is 23.6 Å². The third kappa shape index (κ3) is 5.47. The lowest BCUT2D eigenvalue weighted by molar-refractivity contribution is -0.146. The van der Waals surface area contributed by atoms with Crippen LogP contribution < -0.4 is 4.74 Å². The minimum atomic E-state index is -0.453. The molecule has 3 aromatic rings. The third-order valence-electron chi connectivity index (χ3n) is 3.76. The monoisotopic (exact) mass is 380 g/mol. The third-order valence-corrected chi connectivity index (χ3v) is 3.76. The summed E-state index contributed by atoms with van der Waals surface area (Å²) in [5, 5.41) is 12.0. The highest BCUT2D eigenvalue weighted by Crippen LogP contribution is 2.19. The van der Waals surface area contributed by atoms with Gasteiger partial charge in [-0.2, -0.15) is 4.80 Å². The Morgan fingerprint density at radius 3 is 2.46 bits per heavy atom. The molecule has 0 N–H and O–H groups in total. The van der Waals surface area contributed by atoms with Crippen molar-refractivity contribution in [3.63, 3.8) is 0 Å². The summed E-state index contributed by atoms with van der Waals surface area (Å²) in [5.41, 5.74) is 1.60. The summed E-state index contributed by atoms with van der Waals surface area (Å²) in [6.07, 6.45) is 1.11. The summed E-state index contributed by atoms with van der Waals surface area (Å²) in [5.74, 6) is 0.0979. The first-order chi connectivity index (χ1) is 13.6. The fourth-order valence-electron chi connectivity index (χ4n) is 2.38. The van der Waals surface area contributed by atoms with Gasteiger partial charge in [-0.15, -0.1) is 10.2 Å². The summed E-state index contributed by atoms with van der Waals surface area (Å²) >= 11 is 0. The highest BCUT2D eigenvalue weighted by molar-refractivity contribution is 5.72. The molecule has 8 heteroatoms. The number of tetrazole rings is 1. The van der Waals surface area contributed by atoms with Crippen molar-refractivity contribution >= 4 is 11.9 Å². The maximum atomic E-state index is 11.9. The predicted octanol–water partition coefficient (Wildman–Crippen LogP) is 2.79. The number of carbonyl (C=O) groups excluding carboxylic acids is 2. The zero-order valence-corrected chi connectivity index (χ0v) is 15.4. The maximum absolute atomic E-state index is 11.9. The van der Waals surface area contributed by atoms with Crippen LogP contribution in [0.25, 0.3) is 11.4 Å². The van der Waals surface area contributed by atoms with Gasteiger partial charge in [0.25, 0.3) is 0 Å². The number of ether oxygens (including phenoxy) is 2. The van der Waals surface area contributed by atoms with Gasteiger partial charge in [0.2, 0.25) is 5.82 Å². The number of carbonyl (C=O) groups is 2. The van der Waals surface area contributed by atoms with Gasteiger partial charge < -0.3 is 9.47 Å². The van der Waals surface area contributed by atoms with Gasteiger partial charge in [0.15, 0.2) is 6.54 Å². The molecular weight excluding hydrogens is 360 g/mol. The molecule has 0 amide bonds. The molecule has 0 radical (unpaired) electrons. The topological polar surface area (TPSA) is 96.2 Å². The van der Waals surface area contributed by atoms with Gasteiger partial charge in [0.1, 0.15) is 12.4 Å². The van der Waals surface area contributed by atoms with Crippen LogP contribution in [0.1, 0.15) is 25.3 Å². The molecule has 3 rings (SSSR count). The molecule has 28 heavy (non-hydrogen) atoms. The Bertz CT molecular complexity index is 923. The van der Waals surface area contributed by atoms with Gasteiger partial charge in [-0.3, -0.25) is 4.79 Å². The minimum absolute atomic E-state index is 0.132. The Morgan fingerprint density at radius 1 is 1.00 bits per heavy atom. The summed E-state index contributed by atoms with van der Waals surface area (Å²) in [6.45, 7) is 1.97. The van der Waals surface area contributed by atoms with Crippen LogP contribution >= 0.6 is 0 Å². The molecule has 2 aromatic carbocycles. The van der Waals surface area contributed by atoms with Crippen molar-refractivity contribution in [2.45, 2.75) is 32.9 Å². The second-order valence-electron chi connectivity index (χ2n) is 6.04. The molecule has 144 valence electrons. The maximum Gasteiger partial charge on any atom is 0.330 e. The average molecular weight is 380 g/mol. The summed E-state index contributed by atoms with van der Waals surface area (Å²) in [6, 6.07) is 16.2. The molecule has 0 aliphatic carbocycles. The molecule has 0 aliphatic heterocycles. The van der Waals surface area contributed by atoms with Crippen molar-refractivity contribution in [1.82, 2.24) is 20.2 Å². The molecular formula is C20H20N4O4. The van der Waals surface area contributed by atoms with E-state index in [1.807, 2.05) is 37.3 Å². The predicted molar refractivity (Wildman–Crippen MR) is 100 cm³/mol. The minimum Gasteiger partial charge on any atom is -0.459 e. The number of hydrogen-bond acceptors (Lipinski definition) is 7. The van der Waals surface area contributed by atoms with Crippen LogP contribution in [0, 0.1) is 0 Å². The molecule has 0 fully saturated rings. The molecule has 0 saturated heterocycles. The van der Waals surface area contributed by atoms with Crippen molar-refractivity contribution in [2.75, 3.05) is 0 Å². The van der Waals surface area contributed by atoms with E-state index < -0.39 is 5.97 Å². The van der Waals surface area contributed by atoms with E-state index in [9.17, 15) is 9.59 Å². The van der Waals surface area contributed by atoms with Crippen LogP contribution in [0.4, 0.5) is 0 Å². The van der Waals surface area contributed by atoms with Gasteiger partial charge in [-0.05, 0) is 41.5 Å². The van der Waals surface area contributed by atoms with Crippen molar-refractivity contribution in [1.29, 1.82) is 0 Å². The van der Waals surface area contributed by atoms with Crippen molar-refractivity contribution < 1.29 is 19.1 Å². The normalized spacial score (nSPS) is 10.5. The lowest BCUT2D eigenvalue weighted by Gasteiger charge is -2.04. The van der Waals surface area contributed by atoms with E-state index in [4.69, 9.17) is 9.47 Å². The zero-order chi connectivity index (χ0) is 19.8. The van der Waals surface area contributed by atoms with E-state index in [1.54, 1.807) is 24.3 Å². The Labute approximate surface area is 162 Å². The first-order valence-corrected chi connectivity index (χ1v) is 8.92. The van der Waals surface area contributed by atoms with Gasteiger partial charge in [0.05, 0.1) is 0 Å². The van der Waals surface area contributed by atoms with Crippen LogP contribution in [0.15, 0.2) is 54.6 Å². The first kappa shape index (κ1) is 19.2. The Balaban J connectivity index is 1.54. The van der Waals surface area contributed by atoms with E-state index in [-0.39, 0.29) is 19.1 Å². The Kier molecular flexibility index (Phi) is 6.46. The van der Waals surface area contributed by atoms with E-state index in [2.05, 4.69) is 15.4 Å². The number of rotatable bonds is 8. The van der Waals surface area contributed by atoms with Crippen molar-refractivity contribution in [3.8, 4) is 17.1 Å². The highest BCUT2D eigenvalue weighted by Gasteiger charge is 2.11. The van der Waals surface area contributed by atoms with Crippen LogP contribution in [0.3, 0.4) is 0 Å². The van der Waals surface area contributed by atoms with Crippen LogP contribution in [0.2, 0.25) is 0 Å². The fourth-order valence-corrected chi connectivity index (χ4v) is 2.38. The molecule has 0 saturated carbocycles. The molecule has 0 spiro atoms. The zero-order valence-electron chi connectivity index (χ0n) is 15.4. The Hall–Kier alpha value is -3.55. The SMILES string of the molecule is CCCC(=O)Oc1ccc(-c2nnn(CC(=O)OCc3ccccc3)n2)cc1. The number of hydrogen-bond donors (Lipinski definition) is 0. The Morgan fingerprint density at radius 2 is 1.75 bits per heavy atom. The fraction of sp³-hybridized carbons (Fsp3) is 0.250. The van der Waals surface area contributed by atoms with E-state index in [1.165, 1.54) is 4.80 Å². The smallest absolute Gasteiger partial charge is 0.330 e. The van der Waals surface area contributed by atoms with Crippen LogP contribution in [-0.2, 0) is 27.5 Å². The number of benzene rings is 2. The van der Waals surface area contributed by atoms with E-state index in [0.717, 1.165) is 12.0 Å². The standard InChI is InChI=1S/C20H20N4O4/c1-2-6-18(25)28-17-11-9-16(10-12-17)20-21-23-24(22-20)13-19(26)27-14-15-7-4-3-5-8-15/h3-5,7-12H,2,6,13-14H2,1H3. The highest BCUT2D eigenvalue weighted by atomic mass is 16.5. The second kappa shape index (κ2) is 9.40. The molecule has 1 heterocycles. The molecule has 8 nitrogen and oxygen atoms in total. The largest absolute Gasteiger partial charge is 0.459 e. The number of nitrogens with zero attached hydrogens (tertiary/aromatic N) is 4. The second-order valence-corrected chi connectivity index (χ2v) is 6.04. The van der Waals surface area contributed by atoms with Crippen LogP contribution in [0.5, 0.6) is 5.75 Å². The molecule has 1 aromatic heterocycles. The molecule has 0 aliphatic rings. The van der Waals surface area contributed by atoms with Gasteiger partial charge in [-0.25, -0.2) is 4.79 Å². The van der Waals surface area contributed by atoms with Gasteiger partial charge in [-0.1, -0.05) is 37.3 Å². The number of aromatic nitrogens is 4. The summed E-state index contributed by atoms with van der Waals surface area (Å²) in [4.78, 5) is 24.6. The molecule has 0 bridgehead atoms. The van der Waals surface area contributed by atoms with Crippen molar-refractivity contribution in [3.05, 3.63) is 60.2 Å². The lowest BCUT2D eigenvalue weighted by Crippen LogP contribution is -2.15. The van der Waals surface area contributed by atoms with Gasteiger partial charge in [0, 0.05) is 12.0 Å². The number of esters is 2. The summed E-state index contributed by atoms with van der Waals surface area (Å²) < 4.78 is 10.4. The quantitative estimate of drug-likeness (QED) is 0.438. The van der Waals surface area contributed by atoms with Crippen molar-refractivity contribution in [2.24, 2.45) is 0 Å². The summed E-state index contributed by atoms with van der Waals surface area (Å²) in [7, 11) is 0. The molecule has 0 unspecified atom stereocenters. The van der Waals surface area contributed by atoms with Gasteiger partial charge >= 0.3 is 11.9 Å². The molecule has 0 atom stereocenters. The van der Waals surface area contributed by atoms with E-state index >= 15 is 0 Å².